The Bertz CT molecular complexity index is 807. The second kappa shape index (κ2) is 9.28. The van der Waals surface area contributed by atoms with Crippen LogP contribution in [0.2, 0.25) is 0 Å². The van der Waals surface area contributed by atoms with Gasteiger partial charge in [0.1, 0.15) is 5.82 Å². The third kappa shape index (κ3) is 5.26. The minimum Gasteiger partial charge on any atom is -0.449 e. The standard InChI is InChI=1S/C20H20FNO3S2/c1-13(18(23)22-17-6-3-2-5-16(17)21)25-19(24)14-7-9-15(10-8-14)20-26-11-4-12-27-20/h2-3,5-10,13,20H,4,11-12H2,1H3,(H,22,23)/t13-/m0/s1. The van der Waals surface area contributed by atoms with Gasteiger partial charge >= 0.3 is 5.97 Å². The first kappa shape index (κ1) is 19.8. The van der Waals surface area contributed by atoms with Gasteiger partial charge in [0.25, 0.3) is 5.91 Å². The lowest BCUT2D eigenvalue weighted by atomic mass is 10.1. The van der Waals surface area contributed by atoms with E-state index >= 15 is 0 Å². The summed E-state index contributed by atoms with van der Waals surface area (Å²) in [5.74, 6) is 0.590. The third-order valence-corrected chi connectivity index (χ3v) is 7.05. The van der Waals surface area contributed by atoms with Crippen molar-refractivity contribution in [3.63, 3.8) is 0 Å². The van der Waals surface area contributed by atoms with Crippen LogP contribution in [0.3, 0.4) is 0 Å². The lowest BCUT2D eigenvalue weighted by Crippen LogP contribution is -2.30. The van der Waals surface area contributed by atoms with Crippen molar-refractivity contribution >= 4 is 41.1 Å². The molecule has 0 unspecified atom stereocenters. The van der Waals surface area contributed by atoms with Crippen LogP contribution in [0.1, 0.15) is 33.8 Å². The zero-order chi connectivity index (χ0) is 19.2. The number of anilines is 1. The second-order valence-electron chi connectivity index (χ2n) is 6.07. The monoisotopic (exact) mass is 405 g/mol. The Morgan fingerprint density at radius 2 is 1.78 bits per heavy atom. The van der Waals surface area contributed by atoms with Crippen LogP contribution < -0.4 is 5.32 Å². The van der Waals surface area contributed by atoms with Crippen molar-refractivity contribution in [3.05, 3.63) is 65.5 Å². The molecule has 2 aromatic carbocycles. The van der Waals surface area contributed by atoms with E-state index in [0.29, 0.717) is 10.1 Å². The van der Waals surface area contributed by atoms with Gasteiger partial charge in [-0.15, -0.1) is 23.5 Å². The molecule has 4 nitrogen and oxygen atoms in total. The maximum Gasteiger partial charge on any atom is 0.338 e. The molecule has 3 rings (SSSR count). The minimum absolute atomic E-state index is 0.0530. The molecule has 1 heterocycles. The molecule has 1 amide bonds. The fourth-order valence-electron chi connectivity index (χ4n) is 2.54. The maximum absolute atomic E-state index is 13.6. The second-order valence-corrected chi connectivity index (χ2v) is 8.79. The van der Waals surface area contributed by atoms with E-state index in [2.05, 4.69) is 5.32 Å². The Labute approximate surface area is 166 Å². The average Bonchev–Trinajstić information content (AvgIpc) is 2.70. The van der Waals surface area contributed by atoms with Gasteiger partial charge in [0.15, 0.2) is 6.10 Å². The van der Waals surface area contributed by atoms with Gasteiger partial charge in [-0.05, 0) is 54.7 Å². The molecular weight excluding hydrogens is 385 g/mol. The first-order chi connectivity index (χ1) is 13.0. The summed E-state index contributed by atoms with van der Waals surface area (Å²) in [5, 5.41) is 2.42. The number of carbonyl (C=O) groups excluding carboxylic acids is 2. The fourth-order valence-corrected chi connectivity index (χ4v) is 5.43. The number of ether oxygens (including phenoxy) is 1. The van der Waals surface area contributed by atoms with Crippen molar-refractivity contribution < 1.29 is 18.7 Å². The molecule has 0 aromatic heterocycles. The van der Waals surface area contributed by atoms with E-state index < -0.39 is 23.8 Å². The molecule has 7 heteroatoms. The van der Waals surface area contributed by atoms with Gasteiger partial charge in [0, 0.05) is 0 Å². The van der Waals surface area contributed by atoms with Crippen LogP contribution in [-0.4, -0.2) is 29.5 Å². The van der Waals surface area contributed by atoms with Gasteiger partial charge in [-0.2, -0.15) is 0 Å². The SMILES string of the molecule is C[C@H](OC(=O)c1ccc(C2SCCCS2)cc1)C(=O)Nc1ccccc1F. The Balaban J connectivity index is 1.57. The molecule has 0 aliphatic carbocycles. The molecule has 1 aliphatic heterocycles. The Kier molecular flexibility index (Phi) is 6.79. The topological polar surface area (TPSA) is 55.4 Å². The first-order valence-corrected chi connectivity index (χ1v) is 10.7. The molecule has 1 aliphatic rings. The smallest absolute Gasteiger partial charge is 0.338 e. The fraction of sp³-hybridized carbons (Fsp3) is 0.300. The predicted octanol–water partition coefficient (Wildman–Crippen LogP) is 4.88. The summed E-state index contributed by atoms with van der Waals surface area (Å²) in [4.78, 5) is 24.4. The number of rotatable bonds is 5. The van der Waals surface area contributed by atoms with Crippen molar-refractivity contribution in [2.24, 2.45) is 0 Å². The van der Waals surface area contributed by atoms with Gasteiger partial charge in [-0.3, -0.25) is 4.79 Å². The highest BCUT2D eigenvalue weighted by Crippen LogP contribution is 2.43. The zero-order valence-electron chi connectivity index (χ0n) is 14.8. The third-order valence-electron chi connectivity index (χ3n) is 4.03. The van der Waals surface area contributed by atoms with E-state index in [1.165, 1.54) is 37.1 Å². The van der Waals surface area contributed by atoms with Crippen LogP contribution in [0, 0.1) is 5.82 Å². The highest BCUT2D eigenvalue weighted by molar-refractivity contribution is 8.16. The van der Waals surface area contributed by atoms with Crippen molar-refractivity contribution in [1.29, 1.82) is 0 Å². The summed E-state index contributed by atoms with van der Waals surface area (Å²) < 4.78 is 19.2. The van der Waals surface area contributed by atoms with E-state index in [1.54, 1.807) is 18.2 Å². The minimum atomic E-state index is -1.04. The Hall–Kier alpha value is -1.99. The maximum atomic E-state index is 13.6. The first-order valence-electron chi connectivity index (χ1n) is 8.64. The summed E-state index contributed by atoms with van der Waals surface area (Å²) in [6.07, 6.45) is 0.185. The lowest BCUT2D eigenvalue weighted by molar-refractivity contribution is -0.123. The van der Waals surface area contributed by atoms with Crippen LogP contribution in [0.15, 0.2) is 48.5 Å². The summed E-state index contributed by atoms with van der Waals surface area (Å²) in [7, 11) is 0. The van der Waals surface area contributed by atoms with Crippen molar-refractivity contribution in [2.75, 3.05) is 16.8 Å². The normalized spacial score (nSPS) is 15.8. The van der Waals surface area contributed by atoms with Crippen LogP contribution in [0.5, 0.6) is 0 Å². The largest absolute Gasteiger partial charge is 0.449 e. The van der Waals surface area contributed by atoms with Crippen LogP contribution in [0.25, 0.3) is 0 Å². The van der Waals surface area contributed by atoms with E-state index in [-0.39, 0.29) is 5.69 Å². The Morgan fingerprint density at radius 1 is 1.11 bits per heavy atom. The van der Waals surface area contributed by atoms with Gasteiger partial charge in [-0.1, -0.05) is 24.3 Å². The van der Waals surface area contributed by atoms with Gasteiger partial charge in [0.2, 0.25) is 0 Å². The Morgan fingerprint density at radius 3 is 2.44 bits per heavy atom. The molecule has 0 radical (unpaired) electrons. The molecule has 0 bridgehead atoms. The van der Waals surface area contributed by atoms with E-state index in [4.69, 9.17) is 4.74 Å². The summed E-state index contributed by atoms with van der Waals surface area (Å²) in [6.45, 7) is 1.46. The molecule has 2 aromatic rings. The van der Waals surface area contributed by atoms with E-state index in [1.807, 2.05) is 35.7 Å². The molecule has 27 heavy (non-hydrogen) atoms. The van der Waals surface area contributed by atoms with Crippen molar-refractivity contribution in [2.45, 2.75) is 24.0 Å². The highest BCUT2D eigenvalue weighted by Gasteiger charge is 2.21. The number of hydrogen-bond acceptors (Lipinski definition) is 5. The van der Waals surface area contributed by atoms with Crippen molar-refractivity contribution in [3.8, 4) is 0 Å². The van der Waals surface area contributed by atoms with Crippen molar-refractivity contribution in [1.82, 2.24) is 0 Å². The lowest BCUT2D eigenvalue weighted by Gasteiger charge is -2.21. The number of amides is 1. The molecule has 1 atom stereocenters. The summed E-state index contributed by atoms with van der Waals surface area (Å²) in [5.41, 5.74) is 1.61. The summed E-state index contributed by atoms with van der Waals surface area (Å²) >= 11 is 3.82. The number of nitrogens with one attached hydrogen (secondary N) is 1. The number of benzene rings is 2. The number of esters is 1. The molecule has 0 spiro atoms. The predicted molar refractivity (Wildman–Crippen MR) is 109 cm³/mol. The average molecular weight is 406 g/mol. The van der Waals surface area contributed by atoms with Gasteiger partial charge in [0.05, 0.1) is 15.8 Å². The quantitative estimate of drug-likeness (QED) is 0.719. The molecule has 1 N–H and O–H groups in total. The molecule has 142 valence electrons. The number of halogens is 1. The number of carbonyl (C=O) groups is 2. The summed E-state index contributed by atoms with van der Waals surface area (Å²) in [6, 6.07) is 13.1. The van der Waals surface area contributed by atoms with Gasteiger partial charge in [-0.25, -0.2) is 9.18 Å². The highest BCUT2D eigenvalue weighted by atomic mass is 32.2. The van der Waals surface area contributed by atoms with E-state index in [0.717, 1.165) is 11.5 Å². The number of hydrogen-bond donors (Lipinski definition) is 1. The zero-order valence-corrected chi connectivity index (χ0v) is 16.4. The van der Waals surface area contributed by atoms with Crippen LogP contribution in [-0.2, 0) is 9.53 Å². The van der Waals surface area contributed by atoms with Crippen LogP contribution in [0.4, 0.5) is 10.1 Å². The molecule has 1 saturated heterocycles. The number of thioether (sulfide) groups is 2. The molecular formula is C20H20FNO3S2. The van der Waals surface area contributed by atoms with Gasteiger partial charge < -0.3 is 10.1 Å². The van der Waals surface area contributed by atoms with E-state index in [9.17, 15) is 14.0 Å². The molecule has 0 saturated carbocycles. The molecule has 1 fully saturated rings. The van der Waals surface area contributed by atoms with Crippen LogP contribution >= 0.6 is 23.5 Å². The number of para-hydroxylation sites is 1.